The fraction of sp³-hybridized carbons (Fsp3) is 0.455. The van der Waals surface area contributed by atoms with E-state index in [9.17, 15) is 8.42 Å². The van der Waals surface area contributed by atoms with Crippen LogP contribution in [0, 0.1) is 0 Å². The van der Waals surface area contributed by atoms with Gasteiger partial charge in [-0.25, -0.2) is 8.42 Å². The second kappa shape index (κ2) is 5.16. The van der Waals surface area contributed by atoms with Crippen molar-refractivity contribution < 1.29 is 8.42 Å². The predicted octanol–water partition coefficient (Wildman–Crippen LogP) is 2.40. The Morgan fingerprint density at radius 2 is 1.80 bits per heavy atom. The van der Waals surface area contributed by atoms with Crippen LogP contribution in [0.3, 0.4) is 0 Å². The van der Waals surface area contributed by atoms with Crippen molar-refractivity contribution in [1.29, 1.82) is 0 Å². The normalized spacial score (nSPS) is 11.3. The molecular formula is C11H17NO2S. The van der Waals surface area contributed by atoms with Crippen molar-refractivity contribution in [1.82, 2.24) is 0 Å². The minimum Gasteiger partial charge on any atom is -0.284 e. The molecule has 1 aromatic rings. The molecule has 0 aromatic heterocycles. The summed E-state index contributed by atoms with van der Waals surface area (Å²) in [4.78, 5) is 0. The number of unbranched alkanes of at least 4 members (excludes halogenated alkanes) is 1. The van der Waals surface area contributed by atoms with E-state index in [0.717, 1.165) is 12.7 Å². The van der Waals surface area contributed by atoms with Gasteiger partial charge in [-0.2, -0.15) is 0 Å². The number of sulfonamides is 1. The van der Waals surface area contributed by atoms with Gasteiger partial charge >= 0.3 is 0 Å². The van der Waals surface area contributed by atoms with Gasteiger partial charge in [-0.15, -0.1) is 0 Å². The van der Waals surface area contributed by atoms with E-state index in [1.54, 1.807) is 12.1 Å². The summed E-state index contributed by atoms with van der Waals surface area (Å²) in [7, 11) is -3.16. The molecule has 0 aliphatic rings. The summed E-state index contributed by atoms with van der Waals surface area (Å²) in [5.41, 5.74) is 1.87. The Balaban J connectivity index is 2.64. The molecule has 1 rings (SSSR count). The van der Waals surface area contributed by atoms with Gasteiger partial charge < -0.3 is 0 Å². The van der Waals surface area contributed by atoms with E-state index in [0.29, 0.717) is 5.69 Å². The van der Waals surface area contributed by atoms with Gasteiger partial charge in [0.15, 0.2) is 0 Å². The lowest BCUT2D eigenvalue weighted by molar-refractivity contribution is 0.607. The minimum atomic E-state index is -3.16. The predicted molar refractivity (Wildman–Crippen MR) is 63.5 cm³/mol. The Morgan fingerprint density at radius 3 is 2.27 bits per heavy atom. The van der Waals surface area contributed by atoms with Crippen LogP contribution in [0.1, 0.15) is 25.3 Å². The van der Waals surface area contributed by atoms with Gasteiger partial charge in [-0.3, -0.25) is 4.72 Å². The first-order chi connectivity index (χ1) is 7.01. The first-order valence-corrected chi connectivity index (χ1v) is 6.97. The highest BCUT2D eigenvalue weighted by Crippen LogP contribution is 2.12. The first kappa shape index (κ1) is 12.0. The van der Waals surface area contributed by atoms with Crippen LogP contribution in [0.15, 0.2) is 24.3 Å². The van der Waals surface area contributed by atoms with Crippen LogP contribution in [-0.2, 0) is 16.4 Å². The van der Waals surface area contributed by atoms with Crippen molar-refractivity contribution >= 4 is 15.7 Å². The van der Waals surface area contributed by atoms with Crippen molar-refractivity contribution in [2.24, 2.45) is 0 Å². The topological polar surface area (TPSA) is 46.2 Å². The van der Waals surface area contributed by atoms with Crippen LogP contribution >= 0.6 is 0 Å². The zero-order chi connectivity index (χ0) is 11.3. The van der Waals surface area contributed by atoms with E-state index in [-0.39, 0.29) is 0 Å². The average molecular weight is 227 g/mol. The van der Waals surface area contributed by atoms with E-state index in [2.05, 4.69) is 11.6 Å². The summed E-state index contributed by atoms with van der Waals surface area (Å²) in [5, 5.41) is 0. The summed E-state index contributed by atoms with van der Waals surface area (Å²) >= 11 is 0. The van der Waals surface area contributed by atoms with E-state index in [4.69, 9.17) is 0 Å². The monoisotopic (exact) mass is 227 g/mol. The van der Waals surface area contributed by atoms with Crippen molar-refractivity contribution in [3.05, 3.63) is 29.8 Å². The molecule has 4 heteroatoms. The number of benzene rings is 1. The zero-order valence-corrected chi connectivity index (χ0v) is 9.97. The second-order valence-corrected chi connectivity index (χ2v) is 5.42. The third-order valence-corrected chi connectivity index (χ3v) is 2.68. The number of anilines is 1. The molecule has 84 valence electrons. The van der Waals surface area contributed by atoms with Gasteiger partial charge in [0.1, 0.15) is 0 Å². The standard InChI is InChI=1S/C11H17NO2S/c1-3-4-5-10-6-8-11(9-7-10)12-15(2,13)14/h6-9,12H,3-5H2,1-2H3. The molecule has 0 atom stereocenters. The van der Waals surface area contributed by atoms with Crippen LogP contribution < -0.4 is 4.72 Å². The summed E-state index contributed by atoms with van der Waals surface area (Å²) in [5.74, 6) is 0. The van der Waals surface area contributed by atoms with Crippen molar-refractivity contribution in [3.8, 4) is 0 Å². The number of hydrogen-bond acceptors (Lipinski definition) is 2. The summed E-state index contributed by atoms with van der Waals surface area (Å²) < 4.78 is 24.3. The Kier molecular flexibility index (Phi) is 4.15. The number of rotatable bonds is 5. The Bertz CT molecular complexity index is 395. The molecule has 0 amide bonds. The van der Waals surface area contributed by atoms with Crippen molar-refractivity contribution in [3.63, 3.8) is 0 Å². The van der Waals surface area contributed by atoms with E-state index in [1.807, 2.05) is 12.1 Å². The quantitative estimate of drug-likeness (QED) is 0.839. The Morgan fingerprint density at radius 1 is 1.20 bits per heavy atom. The molecule has 0 heterocycles. The molecule has 1 N–H and O–H groups in total. The number of nitrogens with one attached hydrogen (secondary N) is 1. The van der Waals surface area contributed by atoms with Crippen LogP contribution in [-0.4, -0.2) is 14.7 Å². The lowest BCUT2D eigenvalue weighted by atomic mass is 10.1. The zero-order valence-electron chi connectivity index (χ0n) is 9.16. The maximum absolute atomic E-state index is 10.9. The fourth-order valence-corrected chi connectivity index (χ4v) is 1.90. The largest absolute Gasteiger partial charge is 0.284 e. The lowest BCUT2D eigenvalue weighted by Crippen LogP contribution is -2.09. The molecule has 0 saturated heterocycles. The number of hydrogen-bond donors (Lipinski definition) is 1. The van der Waals surface area contributed by atoms with Gasteiger partial charge in [-0.1, -0.05) is 25.5 Å². The third kappa shape index (κ3) is 4.83. The van der Waals surface area contributed by atoms with Crippen LogP contribution in [0.4, 0.5) is 5.69 Å². The molecule has 0 radical (unpaired) electrons. The molecule has 3 nitrogen and oxygen atoms in total. The Hall–Kier alpha value is -1.03. The molecular weight excluding hydrogens is 210 g/mol. The Labute approximate surface area is 91.6 Å². The maximum atomic E-state index is 10.9. The first-order valence-electron chi connectivity index (χ1n) is 5.08. The molecule has 1 aromatic carbocycles. The van der Waals surface area contributed by atoms with Crippen molar-refractivity contribution in [2.75, 3.05) is 11.0 Å². The molecule has 15 heavy (non-hydrogen) atoms. The molecule has 0 saturated carbocycles. The summed E-state index contributed by atoms with van der Waals surface area (Å²) in [6.07, 6.45) is 4.54. The second-order valence-electron chi connectivity index (χ2n) is 3.67. The highest BCUT2D eigenvalue weighted by atomic mass is 32.2. The molecule has 0 unspecified atom stereocenters. The number of aryl methyl sites for hydroxylation is 1. The summed E-state index contributed by atoms with van der Waals surface area (Å²) in [6.45, 7) is 2.15. The highest BCUT2D eigenvalue weighted by Gasteiger charge is 2.00. The maximum Gasteiger partial charge on any atom is 0.229 e. The van der Waals surface area contributed by atoms with Gasteiger partial charge in [0.05, 0.1) is 6.26 Å². The molecule has 0 spiro atoms. The smallest absolute Gasteiger partial charge is 0.229 e. The van der Waals surface area contributed by atoms with Crippen molar-refractivity contribution in [2.45, 2.75) is 26.2 Å². The molecule has 0 fully saturated rings. The van der Waals surface area contributed by atoms with Crippen LogP contribution in [0.2, 0.25) is 0 Å². The van der Waals surface area contributed by atoms with Gasteiger partial charge in [0, 0.05) is 5.69 Å². The van der Waals surface area contributed by atoms with E-state index >= 15 is 0 Å². The molecule has 0 aliphatic carbocycles. The molecule has 0 aliphatic heterocycles. The summed E-state index contributed by atoms with van der Waals surface area (Å²) in [6, 6.07) is 7.52. The minimum absolute atomic E-state index is 0.623. The van der Waals surface area contributed by atoms with Gasteiger partial charge in [-0.05, 0) is 30.5 Å². The van der Waals surface area contributed by atoms with Crippen LogP contribution in [0.5, 0.6) is 0 Å². The molecule has 0 bridgehead atoms. The average Bonchev–Trinajstić information content (AvgIpc) is 2.14. The third-order valence-electron chi connectivity index (χ3n) is 2.08. The SMILES string of the molecule is CCCCc1ccc(NS(C)(=O)=O)cc1. The van der Waals surface area contributed by atoms with E-state index in [1.165, 1.54) is 18.4 Å². The highest BCUT2D eigenvalue weighted by molar-refractivity contribution is 7.92. The van der Waals surface area contributed by atoms with Gasteiger partial charge in [0.25, 0.3) is 0 Å². The van der Waals surface area contributed by atoms with E-state index < -0.39 is 10.0 Å². The van der Waals surface area contributed by atoms with Crippen LogP contribution in [0.25, 0.3) is 0 Å². The van der Waals surface area contributed by atoms with Gasteiger partial charge in [0.2, 0.25) is 10.0 Å². The lowest BCUT2D eigenvalue weighted by Gasteiger charge is -2.05. The fourth-order valence-electron chi connectivity index (χ4n) is 1.33.